The summed E-state index contributed by atoms with van der Waals surface area (Å²) in [5.74, 6) is 0.840. The maximum atomic E-state index is 8.99. The van der Waals surface area contributed by atoms with Crippen molar-refractivity contribution in [2.75, 3.05) is 39.8 Å². The van der Waals surface area contributed by atoms with Gasteiger partial charge in [-0.2, -0.15) is 0 Å². The van der Waals surface area contributed by atoms with Gasteiger partial charge in [-0.15, -0.1) is 0 Å². The van der Waals surface area contributed by atoms with Gasteiger partial charge in [0.15, 0.2) is 0 Å². The van der Waals surface area contributed by atoms with Gasteiger partial charge >= 0.3 is 0 Å². The van der Waals surface area contributed by atoms with Crippen molar-refractivity contribution < 1.29 is 5.11 Å². The second-order valence-corrected chi connectivity index (χ2v) is 4.87. The van der Waals surface area contributed by atoms with Gasteiger partial charge in [0.2, 0.25) is 0 Å². The number of likely N-dealkylation sites (tertiary alicyclic amines) is 1. The highest BCUT2D eigenvalue weighted by Crippen LogP contribution is 2.28. The van der Waals surface area contributed by atoms with Crippen molar-refractivity contribution in [3.63, 3.8) is 0 Å². The van der Waals surface area contributed by atoms with Crippen molar-refractivity contribution in [2.45, 2.75) is 25.3 Å². The van der Waals surface area contributed by atoms with Crippen LogP contribution in [-0.4, -0.2) is 60.8 Å². The minimum atomic E-state index is 0.319. The summed E-state index contributed by atoms with van der Waals surface area (Å²) < 4.78 is 0. The zero-order valence-electron chi connectivity index (χ0n) is 9.15. The molecule has 1 aliphatic carbocycles. The van der Waals surface area contributed by atoms with E-state index in [1.807, 2.05) is 0 Å². The average molecular weight is 198 g/mol. The molecule has 0 bridgehead atoms. The Morgan fingerprint density at radius 2 is 2.14 bits per heavy atom. The van der Waals surface area contributed by atoms with Crippen LogP contribution in [0.2, 0.25) is 0 Å². The van der Waals surface area contributed by atoms with Crippen LogP contribution in [0.5, 0.6) is 0 Å². The molecule has 0 amide bonds. The van der Waals surface area contributed by atoms with Gasteiger partial charge in [-0.05, 0) is 38.8 Å². The van der Waals surface area contributed by atoms with E-state index in [-0.39, 0.29) is 0 Å². The maximum absolute atomic E-state index is 8.99. The minimum absolute atomic E-state index is 0.319. The fourth-order valence-electron chi connectivity index (χ4n) is 2.50. The molecule has 1 heterocycles. The standard InChI is InChI=1S/C11H22N2O/c1-12-5-4-10(8-12)9-13(6-7-14)11-2-3-11/h10-11,14H,2-9H2,1H3/t10-/m0/s1. The predicted octanol–water partition coefficient (Wildman–Crippen LogP) is 0.395. The minimum Gasteiger partial charge on any atom is -0.395 e. The number of nitrogens with zero attached hydrogens (tertiary/aromatic N) is 2. The maximum Gasteiger partial charge on any atom is 0.0558 e. The molecule has 0 radical (unpaired) electrons. The highest BCUT2D eigenvalue weighted by Gasteiger charge is 2.31. The molecule has 0 aromatic heterocycles. The topological polar surface area (TPSA) is 26.7 Å². The average Bonchev–Trinajstić information content (AvgIpc) is 2.91. The third-order valence-corrected chi connectivity index (χ3v) is 3.43. The lowest BCUT2D eigenvalue weighted by Gasteiger charge is -2.24. The quantitative estimate of drug-likeness (QED) is 0.692. The Hall–Kier alpha value is -0.120. The zero-order valence-corrected chi connectivity index (χ0v) is 9.15. The molecule has 1 saturated carbocycles. The number of aliphatic hydroxyl groups excluding tert-OH is 1. The molecule has 1 saturated heterocycles. The molecular formula is C11H22N2O. The Kier molecular flexibility index (Phi) is 3.42. The van der Waals surface area contributed by atoms with Crippen LogP contribution < -0.4 is 0 Å². The summed E-state index contributed by atoms with van der Waals surface area (Å²) in [5.41, 5.74) is 0. The second-order valence-electron chi connectivity index (χ2n) is 4.87. The van der Waals surface area contributed by atoms with E-state index in [0.717, 1.165) is 18.5 Å². The van der Waals surface area contributed by atoms with Crippen LogP contribution in [0, 0.1) is 5.92 Å². The van der Waals surface area contributed by atoms with Crippen LogP contribution in [0.15, 0.2) is 0 Å². The van der Waals surface area contributed by atoms with Gasteiger partial charge < -0.3 is 10.0 Å². The first-order valence-electron chi connectivity index (χ1n) is 5.83. The fourth-order valence-corrected chi connectivity index (χ4v) is 2.50. The van der Waals surface area contributed by atoms with Gasteiger partial charge in [0.05, 0.1) is 6.61 Å². The molecule has 1 aliphatic heterocycles. The highest BCUT2D eigenvalue weighted by molar-refractivity contribution is 4.87. The Balaban J connectivity index is 1.75. The van der Waals surface area contributed by atoms with Gasteiger partial charge in [0, 0.05) is 25.7 Å². The first kappa shape index (κ1) is 10.4. The smallest absolute Gasteiger partial charge is 0.0558 e. The van der Waals surface area contributed by atoms with Crippen molar-refractivity contribution in [3.8, 4) is 0 Å². The van der Waals surface area contributed by atoms with Crippen LogP contribution >= 0.6 is 0 Å². The van der Waals surface area contributed by atoms with Gasteiger partial charge in [-0.3, -0.25) is 4.90 Å². The normalized spacial score (nSPS) is 28.9. The molecule has 2 fully saturated rings. The summed E-state index contributed by atoms with van der Waals surface area (Å²) in [7, 11) is 2.20. The van der Waals surface area contributed by atoms with Crippen LogP contribution in [0.25, 0.3) is 0 Å². The summed E-state index contributed by atoms with van der Waals surface area (Å²) in [5, 5.41) is 8.99. The molecule has 1 N–H and O–H groups in total. The lowest BCUT2D eigenvalue weighted by molar-refractivity contribution is 0.169. The fraction of sp³-hybridized carbons (Fsp3) is 1.00. The molecule has 0 unspecified atom stereocenters. The van der Waals surface area contributed by atoms with Crippen LogP contribution in [-0.2, 0) is 0 Å². The van der Waals surface area contributed by atoms with E-state index in [0.29, 0.717) is 6.61 Å². The molecule has 82 valence electrons. The van der Waals surface area contributed by atoms with Crippen molar-refractivity contribution in [2.24, 2.45) is 5.92 Å². The summed E-state index contributed by atoms with van der Waals surface area (Å²) in [6.07, 6.45) is 4.04. The Bertz CT molecular complexity index is 182. The van der Waals surface area contributed by atoms with Crippen molar-refractivity contribution in [1.82, 2.24) is 9.80 Å². The third kappa shape index (κ3) is 2.69. The number of hydrogen-bond donors (Lipinski definition) is 1. The zero-order chi connectivity index (χ0) is 9.97. The van der Waals surface area contributed by atoms with Crippen molar-refractivity contribution in [1.29, 1.82) is 0 Å². The molecule has 14 heavy (non-hydrogen) atoms. The molecule has 2 rings (SSSR count). The van der Waals surface area contributed by atoms with E-state index < -0.39 is 0 Å². The molecule has 1 atom stereocenters. The lowest BCUT2D eigenvalue weighted by Crippen LogP contribution is -2.34. The number of hydrogen-bond acceptors (Lipinski definition) is 3. The van der Waals surface area contributed by atoms with Gasteiger partial charge in [0.1, 0.15) is 0 Å². The largest absolute Gasteiger partial charge is 0.395 e. The summed E-state index contributed by atoms with van der Waals surface area (Å²) in [6, 6.07) is 0.799. The second kappa shape index (κ2) is 4.60. The van der Waals surface area contributed by atoms with E-state index >= 15 is 0 Å². The van der Waals surface area contributed by atoms with Gasteiger partial charge in [-0.1, -0.05) is 0 Å². The third-order valence-electron chi connectivity index (χ3n) is 3.43. The summed E-state index contributed by atoms with van der Waals surface area (Å²) in [4.78, 5) is 4.90. The van der Waals surface area contributed by atoms with Crippen LogP contribution in [0.1, 0.15) is 19.3 Å². The van der Waals surface area contributed by atoms with E-state index in [4.69, 9.17) is 5.11 Å². The highest BCUT2D eigenvalue weighted by atomic mass is 16.3. The SMILES string of the molecule is CN1CC[C@H](CN(CCO)C2CC2)C1. The molecule has 3 heteroatoms. The van der Waals surface area contributed by atoms with E-state index in [1.165, 1.54) is 38.9 Å². The Labute approximate surface area is 86.7 Å². The number of aliphatic hydroxyl groups is 1. The monoisotopic (exact) mass is 198 g/mol. The van der Waals surface area contributed by atoms with E-state index in [2.05, 4.69) is 16.8 Å². The molecule has 0 aromatic carbocycles. The predicted molar refractivity (Wildman–Crippen MR) is 57.3 cm³/mol. The van der Waals surface area contributed by atoms with Crippen molar-refractivity contribution >= 4 is 0 Å². The van der Waals surface area contributed by atoms with Crippen LogP contribution in [0.4, 0.5) is 0 Å². The number of rotatable bonds is 5. The first-order valence-corrected chi connectivity index (χ1v) is 5.83. The Morgan fingerprint density at radius 3 is 2.64 bits per heavy atom. The Morgan fingerprint density at radius 1 is 1.36 bits per heavy atom. The van der Waals surface area contributed by atoms with Crippen LogP contribution in [0.3, 0.4) is 0 Å². The molecule has 2 aliphatic rings. The molecule has 0 spiro atoms. The first-order chi connectivity index (χ1) is 6.79. The van der Waals surface area contributed by atoms with Gasteiger partial charge in [0.25, 0.3) is 0 Å². The van der Waals surface area contributed by atoms with Crippen molar-refractivity contribution in [3.05, 3.63) is 0 Å². The molecule has 3 nitrogen and oxygen atoms in total. The van der Waals surface area contributed by atoms with E-state index in [1.54, 1.807) is 0 Å². The van der Waals surface area contributed by atoms with Gasteiger partial charge in [-0.25, -0.2) is 0 Å². The summed E-state index contributed by atoms with van der Waals surface area (Å²) in [6.45, 7) is 4.90. The lowest BCUT2D eigenvalue weighted by atomic mass is 10.1. The molecular weight excluding hydrogens is 176 g/mol. The van der Waals surface area contributed by atoms with E-state index in [9.17, 15) is 0 Å². The molecule has 0 aromatic rings. The summed E-state index contributed by atoms with van der Waals surface area (Å²) >= 11 is 0.